The molecule has 0 radical (unpaired) electrons. The predicted molar refractivity (Wildman–Crippen MR) is 116 cm³/mol. The third-order valence-corrected chi connectivity index (χ3v) is 6.24. The molecule has 2 rings (SSSR count). The molecule has 1 aromatic carbocycles. The molecule has 1 fully saturated rings. The van der Waals surface area contributed by atoms with Gasteiger partial charge in [0.2, 0.25) is 5.91 Å². The van der Waals surface area contributed by atoms with E-state index >= 15 is 0 Å². The summed E-state index contributed by atoms with van der Waals surface area (Å²) >= 11 is 1.51. The summed E-state index contributed by atoms with van der Waals surface area (Å²) in [6, 6.07) is 5.86. The molecule has 0 bridgehead atoms. The summed E-state index contributed by atoms with van der Waals surface area (Å²) in [7, 11) is 1.59. The highest BCUT2D eigenvalue weighted by molar-refractivity contribution is 8.00. The highest BCUT2D eigenvalue weighted by Gasteiger charge is 2.49. The predicted octanol–water partition coefficient (Wildman–Crippen LogP) is 1.52. The summed E-state index contributed by atoms with van der Waals surface area (Å²) in [5.74, 6) is 0.318. The van der Waals surface area contributed by atoms with Crippen LogP contribution in [0.15, 0.2) is 24.3 Å². The molecule has 0 unspecified atom stereocenters. The van der Waals surface area contributed by atoms with Crippen LogP contribution in [0.3, 0.4) is 0 Å². The van der Waals surface area contributed by atoms with E-state index in [9.17, 15) is 14.7 Å². The highest BCUT2D eigenvalue weighted by Crippen LogP contribution is 2.40. The molecule has 3 atom stereocenters. The molecule has 29 heavy (non-hydrogen) atoms. The lowest BCUT2D eigenvalue weighted by molar-refractivity contribution is -0.147. The van der Waals surface area contributed by atoms with Crippen LogP contribution in [0.1, 0.15) is 40.2 Å². The van der Waals surface area contributed by atoms with Gasteiger partial charge in [0.15, 0.2) is 0 Å². The average Bonchev–Trinajstić information content (AvgIpc) is 2.94. The van der Waals surface area contributed by atoms with E-state index in [4.69, 9.17) is 10.5 Å². The third kappa shape index (κ3) is 5.87. The lowest BCUT2D eigenvalue weighted by Crippen LogP contribution is -2.59. The summed E-state index contributed by atoms with van der Waals surface area (Å²) in [6.07, 6.45) is -1.06. The topological polar surface area (TPSA) is 105 Å². The standard InChI is InChI=1S/C21H33N3O4S/c1-20(2,3)23-18(26)17-21(4,5)29-12-24(17)19(27)16(25)15(22)11-13-7-9-14(28-6)10-8-13/h7-10,15-17,25H,11-12,22H2,1-6H3,(H,23,26)/t15-,16-,17+/m0/s1. The van der Waals surface area contributed by atoms with Crippen LogP contribution < -0.4 is 15.8 Å². The number of benzene rings is 1. The van der Waals surface area contributed by atoms with Crippen LogP contribution in [-0.2, 0) is 16.0 Å². The fourth-order valence-electron chi connectivity index (χ4n) is 3.35. The van der Waals surface area contributed by atoms with Crippen molar-refractivity contribution in [1.82, 2.24) is 10.2 Å². The maximum absolute atomic E-state index is 13.0. The van der Waals surface area contributed by atoms with Crippen molar-refractivity contribution in [2.45, 2.75) is 69.5 Å². The Balaban J connectivity index is 2.11. The maximum atomic E-state index is 13.0. The van der Waals surface area contributed by atoms with E-state index in [1.54, 1.807) is 7.11 Å². The van der Waals surface area contributed by atoms with Crippen molar-refractivity contribution in [3.8, 4) is 5.75 Å². The number of carbonyl (C=O) groups excluding carboxylic acids is 2. The van der Waals surface area contributed by atoms with Crippen LogP contribution in [0, 0.1) is 0 Å². The third-order valence-electron chi connectivity index (χ3n) is 4.86. The summed E-state index contributed by atoms with van der Waals surface area (Å²) in [5.41, 5.74) is 6.62. The molecule has 0 aromatic heterocycles. The highest BCUT2D eigenvalue weighted by atomic mass is 32.2. The Morgan fingerprint density at radius 3 is 2.45 bits per heavy atom. The summed E-state index contributed by atoms with van der Waals surface area (Å²) in [4.78, 5) is 27.4. The minimum atomic E-state index is -1.39. The van der Waals surface area contributed by atoms with Crippen LogP contribution >= 0.6 is 11.8 Å². The van der Waals surface area contributed by atoms with Crippen molar-refractivity contribution in [3.63, 3.8) is 0 Å². The number of nitrogens with zero attached hydrogens (tertiary/aromatic N) is 1. The molecule has 7 nitrogen and oxygen atoms in total. The fourth-order valence-corrected chi connectivity index (χ4v) is 4.49. The Morgan fingerprint density at radius 2 is 1.93 bits per heavy atom. The Hall–Kier alpha value is -1.77. The van der Waals surface area contributed by atoms with Gasteiger partial charge < -0.3 is 25.8 Å². The van der Waals surface area contributed by atoms with Crippen molar-refractivity contribution in [2.24, 2.45) is 5.73 Å². The molecule has 1 aromatic rings. The summed E-state index contributed by atoms with van der Waals surface area (Å²) < 4.78 is 4.67. The summed E-state index contributed by atoms with van der Waals surface area (Å²) in [6.45, 7) is 9.55. The van der Waals surface area contributed by atoms with E-state index in [2.05, 4.69) is 5.32 Å². The number of aliphatic hydroxyl groups is 1. The smallest absolute Gasteiger partial charge is 0.254 e. The van der Waals surface area contributed by atoms with E-state index in [0.29, 0.717) is 12.3 Å². The zero-order valence-electron chi connectivity index (χ0n) is 18.1. The molecule has 0 aliphatic carbocycles. The molecular weight excluding hydrogens is 390 g/mol. The van der Waals surface area contributed by atoms with E-state index in [-0.39, 0.29) is 5.91 Å². The maximum Gasteiger partial charge on any atom is 0.254 e. The van der Waals surface area contributed by atoms with E-state index < -0.39 is 34.4 Å². The number of methoxy groups -OCH3 is 1. The van der Waals surface area contributed by atoms with Gasteiger partial charge in [0.25, 0.3) is 5.91 Å². The van der Waals surface area contributed by atoms with Gasteiger partial charge >= 0.3 is 0 Å². The fraction of sp³-hybridized carbons (Fsp3) is 0.619. The number of rotatable bonds is 6. The zero-order valence-corrected chi connectivity index (χ0v) is 18.9. The molecule has 1 aliphatic heterocycles. The number of nitrogens with one attached hydrogen (secondary N) is 1. The first-order valence-electron chi connectivity index (χ1n) is 9.69. The van der Waals surface area contributed by atoms with Gasteiger partial charge in [0.05, 0.1) is 13.0 Å². The Morgan fingerprint density at radius 1 is 1.34 bits per heavy atom. The van der Waals surface area contributed by atoms with E-state index in [1.165, 1.54) is 16.7 Å². The number of nitrogens with two attached hydrogens (primary N) is 1. The molecule has 8 heteroatoms. The lowest BCUT2D eigenvalue weighted by Gasteiger charge is -2.34. The van der Waals surface area contributed by atoms with Gasteiger partial charge in [0, 0.05) is 16.3 Å². The number of aliphatic hydroxyl groups excluding tert-OH is 1. The van der Waals surface area contributed by atoms with Gasteiger partial charge in [-0.25, -0.2) is 0 Å². The van der Waals surface area contributed by atoms with Crippen molar-refractivity contribution in [2.75, 3.05) is 13.0 Å². The monoisotopic (exact) mass is 423 g/mol. The van der Waals surface area contributed by atoms with Gasteiger partial charge in [-0.1, -0.05) is 12.1 Å². The van der Waals surface area contributed by atoms with Crippen LogP contribution in [-0.4, -0.2) is 63.3 Å². The van der Waals surface area contributed by atoms with Crippen LogP contribution in [0.4, 0.5) is 0 Å². The second-order valence-corrected chi connectivity index (χ2v) is 10.6. The number of hydrogen-bond acceptors (Lipinski definition) is 6. The number of carbonyl (C=O) groups is 2. The number of hydrogen-bond donors (Lipinski definition) is 3. The first-order chi connectivity index (χ1) is 13.4. The van der Waals surface area contributed by atoms with Crippen molar-refractivity contribution in [1.29, 1.82) is 0 Å². The van der Waals surface area contributed by atoms with Crippen molar-refractivity contribution < 1.29 is 19.4 Å². The Kier molecular flexibility index (Phi) is 7.24. The Bertz CT molecular complexity index is 730. The normalized spacial score (nSPS) is 20.8. The van der Waals surface area contributed by atoms with E-state index in [1.807, 2.05) is 58.9 Å². The average molecular weight is 424 g/mol. The largest absolute Gasteiger partial charge is 0.497 e. The van der Waals surface area contributed by atoms with Crippen LogP contribution in [0.25, 0.3) is 0 Å². The molecule has 0 saturated carbocycles. The second kappa shape index (κ2) is 8.93. The quantitative estimate of drug-likeness (QED) is 0.641. The number of ether oxygens (including phenoxy) is 1. The molecule has 1 aliphatic rings. The van der Waals surface area contributed by atoms with Crippen molar-refractivity contribution in [3.05, 3.63) is 29.8 Å². The minimum Gasteiger partial charge on any atom is -0.497 e. The molecule has 0 spiro atoms. The second-order valence-electron chi connectivity index (χ2n) is 8.99. The first kappa shape index (κ1) is 23.5. The van der Waals surface area contributed by atoms with Gasteiger partial charge in [-0.15, -0.1) is 11.8 Å². The van der Waals surface area contributed by atoms with Crippen LogP contribution in [0.2, 0.25) is 0 Å². The van der Waals surface area contributed by atoms with Crippen molar-refractivity contribution >= 4 is 23.6 Å². The lowest BCUT2D eigenvalue weighted by atomic mass is 9.96. The molecule has 1 saturated heterocycles. The Labute approximate surface area is 177 Å². The summed E-state index contributed by atoms with van der Waals surface area (Å²) in [5, 5.41) is 13.6. The van der Waals surface area contributed by atoms with Gasteiger partial charge in [0.1, 0.15) is 17.9 Å². The number of thioether (sulfide) groups is 1. The first-order valence-corrected chi connectivity index (χ1v) is 10.7. The SMILES string of the molecule is COc1ccc(C[C@H](N)[C@H](O)C(=O)N2CSC(C)(C)[C@H]2C(=O)NC(C)(C)C)cc1. The molecule has 162 valence electrons. The molecule has 4 N–H and O–H groups in total. The van der Waals surface area contributed by atoms with Gasteiger partial charge in [-0.05, 0) is 58.7 Å². The molecule has 1 heterocycles. The number of amides is 2. The molecule has 2 amide bonds. The minimum absolute atomic E-state index is 0.225. The van der Waals surface area contributed by atoms with Crippen LogP contribution in [0.5, 0.6) is 5.75 Å². The van der Waals surface area contributed by atoms with Gasteiger partial charge in [-0.2, -0.15) is 0 Å². The van der Waals surface area contributed by atoms with E-state index in [0.717, 1.165) is 11.3 Å². The van der Waals surface area contributed by atoms with Gasteiger partial charge in [-0.3, -0.25) is 9.59 Å². The zero-order chi connectivity index (χ0) is 22.0. The molecular formula is C21H33N3O4S.